The number of hydrogen-bond acceptors (Lipinski definition) is 5. The predicted molar refractivity (Wildman–Crippen MR) is 95.6 cm³/mol. The van der Waals surface area contributed by atoms with Crippen LogP contribution in [0.15, 0.2) is 22.8 Å². The molecule has 0 bridgehead atoms. The fraction of sp³-hybridized carbons (Fsp3) is 0.526. The minimum Gasteiger partial charge on any atom is -0.465 e. The molecule has 0 saturated heterocycles. The molecule has 130 valence electrons. The van der Waals surface area contributed by atoms with Crippen LogP contribution >= 0.6 is 0 Å². The van der Waals surface area contributed by atoms with Gasteiger partial charge < -0.3 is 19.4 Å². The highest BCUT2D eigenvalue weighted by molar-refractivity contribution is 6.06. The van der Waals surface area contributed by atoms with Crippen LogP contribution in [0.25, 0.3) is 11.0 Å². The number of benzene rings is 1. The zero-order valence-corrected chi connectivity index (χ0v) is 14.9. The van der Waals surface area contributed by atoms with Gasteiger partial charge in [-0.3, -0.25) is 0 Å². The molecule has 24 heavy (non-hydrogen) atoms. The molecular weight excluding hydrogens is 304 g/mol. The summed E-state index contributed by atoms with van der Waals surface area (Å²) in [6.45, 7) is 1.96. The van der Waals surface area contributed by atoms with Gasteiger partial charge in [-0.05, 0) is 58.3 Å². The van der Waals surface area contributed by atoms with Crippen LogP contribution in [0.1, 0.15) is 41.6 Å². The summed E-state index contributed by atoms with van der Waals surface area (Å²) in [5, 5.41) is 4.43. The number of hydrogen-bond donors (Lipinski definition) is 1. The third-order valence-electron chi connectivity index (χ3n) is 5.20. The minimum atomic E-state index is -0.320. The molecule has 1 N–H and O–H groups in total. The molecule has 3 rings (SSSR count). The third-order valence-corrected chi connectivity index (χ3v) is 5.20. The maximum absolute atomic E-state index is 12.2. The highest BCUT2D eigenvalue weighted by Crippen LogP contribution is 2.32. The molecule has 0 radical (unpaired) electrons. The van der Waals surface area contributed by atoms with Crippen molar-refractivity contribution in [2.45, 2.75) is 44.7 Å². The lowest BCUT2D eigenvalue weighted by Crippen LogP contribution is -2.36. The van der Waals surface area contributed by atoms with Crippen molar-refractivity contribution >= 4 is 22.6 Å². The summed E-state index contributed by atoms with van der Waals surface area (Å²) in [5.74, 6) is -0.320. The van der Waals surface area contributed by atoms with E-state index in [1.54, 1.807) is 6.26 Å². The fourth-order valence-corrected chi connectivity index (χ4v) is 3.69. The molecular formula is C19H26N2O3. The quantitative estimate of drug-likeness (QED) is 0.864. The van der Waals surface area contributed by atoms with E-state index >= 15 is 0 Å². The van der Waals surface area contributed by atoms with E-state index in [-0.39, 0.29) is 5.97 Å². The van der Waals surface area contributed by atoms with E-state index in [1.807, 2.05) is 19.1 Å². The number of carbonyl (C=O) groups is 1. The molecule has 5 nitrogen and oxygen atoms in total. The van der Waals surface area contributed by atoms with Gasteiger partial charge in [0.25, 0.3) is 0 Å². The predicted octanol–water partition coefficient (Wildman–Crippen LogP) is 3.81. The molecule has 1 aromatic heterocycles. The molecule has 1 saturated carbocycles. The Morgan fingerprint density at radius 2 is 2.00 bits per heavy atom. The highest BCUT2D eigenvalue weighted by Gasteiger charge is 2.24. The number of carbonyl (C=O) groups excluding carboxylic acids is 1. The van der Waals surface area contributed by atoms with Gasteiger partial charge in [-0.15, -0.1) is 0 Å². The first-order valence-electron chi connectivity index (χ1n) is 8.53. The molecule has 1 heterocycles. The summed E-state index contributed by atoms with van der Waals surface area (Å²) in [4.78, 5) is 14.5. The normalized spacial score (nSPS) is 21.2. The molecule has 2 aromatic rings. The van der Waals surface area contributed by atoms with E-state index in [0.717, 1.165) is 29.5 Å². The Kier molecular flexibility index (Phi) is 4.81. The minimum absolute atomic E-state index is 0.320. The molecule has 1 fully saturated rings. The van der Waals surface area contributed by atoms with E-state index in [1.165, 1.54) is 20.0 Å². The summed E-state index contributed by atoms with van der Waals surface area (Å²) in [6.07, 6.45) is 6.26. The van der Waals surface area contributed by atoms with Gasteiger partial charge in [-0.1, -0.05) is 0 Å². The van der Waals surface area contributed by atoms with E-state index in [0.29, 0.717) is 23.2 Å². The zero-order chi connectivity index (χ0) is 17.3. The van der Waals surface area contributed by atoms with Gasteiger partial charge in [-0.25, -0.2) is 4.79 Å². The molecule has 0 aliphatic heterocycles. The van der Waals surface area contributed by atoms with E-state index in [4.69, 9.17) is 9.15 Å². The molecule has 1 aromatic carbocycles. The number of fused-ring (bicyclic) bond motifs is 1. The summed E-state index contributed by atoms with van der Waals surface area (Å²) in [7, 11) is 5.71. The van der Waals surface area contributed by atoms with Gasteiger partial charge in [0.1, 0.15) is 5.58 Å². The lowest BCUT2D eigenvalue weighted by molar-refractivity contribution is 0.0602. The molecule has 0 atom stereocenters. The van der Waals surface area contributed by atoms with Crippen molar-refractivity contribution in [2.75, 3.05) is 26.5 Å². The van der Waals surface area contributed by atoms with Gasteiger partial charge in [0.05, 0.1) is 18.9 Å². The van der Waals surface area contributed by atoms with Crippen LogP contribution in [0.3, 0.4) is 0 Å². The average molecular weight is 330 g/mol. The summed E-state index contributed by atoms with van der Waals surface area (Å²) >= 11 is 0. The van der Waals surface area contributed by atoms with Crippen molar-refractivity contribution in [3.63, 3.8) is 0 Å². The molecule has 5 heteroatoms. The number of nitrogens with one attached hydrogen (secondary N) is 1. The number of furan rings is 1. The Morgan fingerprint density at radius 3 is 2.62 bits per heavy atom. The van der Waals surface area contributed by atoms with Crippen molar-refractivity contribution in [2.24, 2.45) is 0 Å². The van der Waals surface area contributed by atoms with Gasteiger partial charge >= 0.3 is 5.97 Å². The van der Waals surface area contributed by atoms with Crippen LogP contribution in [-0.2, 0) is 4.74 Å². The molecule has 1 aliphatic rings. The largest absolute Gasteiger partial charge is 0.465 e. The SMILES string of the molecule is COC(=O)c1c(C)c(NC2CCC(N(C)C)CC2)cc2occc12. The third kappa shape index (κ3) is 3.13. The van der Waals surface area contributed by atoms with Gasteiger partial charge in [0.2, 0.25) is 0 Å². The molecule has 1 aliphatic carbocycles. The molecule has 0 spiro atoms. The van der Waals surface area contributed by atoms with Crippen LogP contribution in [-0.4, -0.2) is 44.2 Å². The van der Waals surface area contributed by atoms with E-state index in [9.17, 15) is 4.79 Å². The first kappa shape index (κ1) is 16.8. The lowest BCUT2D eigenvalue weighted by atomic mass is 9.90. The van der Waals surface area contributed by atoms with E-state index < -0.39 is 0 Å². The number of esters is 1. The Bertz CT molecular complexity index is 728. The van der Waals surface area contributed by atoms with Gasteiger partial charge in [0.15, 0.2) is 0 Å². The van der Waals surface area contributed by atoms with Crippen LogP contribution in [0.4, 0.5) is 5.69 Å². The van der Waals surface area contributed by atoms with Crippen LogP contribution in [0, 0.1) is 6.92 Å². The van der Waals surface area contributed by atoms with Crippen LogP contribution < -0.4 is 5.32 Å². The van der Waals surface area contributed by atoms with Gasteiger partial charge in [-0.2, -0.15) is 0 Å². The van der Waals surface area contributed by atoms with Crippen molar-refractivity contribution in [1.29, 1.82) is 0 Å². The summed E-state index contributed by atoms with van der Waals surface area (Å²) < 4.78 is 10.5. The summed E-state index contributed by atoms with van der Waals surface area (Å²) in [6, 6.07) is 4.91. The monoisotopic (exact) mass is 330 g/mol. The zero-order valence-electron chi connectivity index (χ0n) is 14.9. The van der Waals surface area contributed by atoms with Crippen molar-refractivity contribution in [3.05, 3.63) is 29.5 Å². The fourth-order valence-electron chi connectivity index (χ4n) is 3.69. The van der Waals surface area contributed by atoms with Crippen molar-refractivity contribution in [1.82, 2.24) is 4.90 Å². The van der Waals surface area contributed by atoms with Crippen LogP contribution in [0.5, 0.6) is 0 Å². The van der Waals surface area contributed by atoms with Crippen molar-refractivity contribution in [3.8, 4) is 0 Å². The highest BCUT2D eigenvalue weighted by atomic mass is 16.5. The van der Waals surface area contributed by atoms with Crippen LogP contribution in [0.2, 0.25) is 0 Å². The Labute approximate surface area is 143 Å². The number of nitrogens with zero attached hydrogens (tertiary/aromatic N) is 1. The second-order valence-electron chi connectivity index (χ2n) is 6.86. The topological polar surface area (TPSA) is 54.7 Å². The number of anilines is 1. The maximum atomic E-state index is 12.2. The van der Waals surface area contributed by atoms with E-state index in [2.05, 4.69) is 24.3 Å². The summed E-state index contributed by atoms with van der Waals surface area (Å²) in [5.41, 5.74) is 3.19. The second kappa shape index (κ2) is 6.85. The van der Waals surface area contributed by atoms with Gasteiger partial charge in [0, 0.05) is 29.2 Å². The molecule has 0 unspecified atom stereocenters. The first-order valence-corrected chi connectivity index (χ1v) is 8.53. The Balaban J connectivity index is 1.85. The first-order chi connectivity index (χ1) is 11.5. The maximum Gasteiger partial charge on any atom is 0.338 e. The second-order valence-corrected chi connectivity index (χ2v) is 6.86. The standard InChI is InChI=1S/C19H26N2O3/c1-12-16(20-13-5-7-14(8-6-13)21(2)3)11-17-15(9-10-24-17)18(12)19(22)23-4/h9-11,13-14,20H,5-8H2,1-4H3. The molecule has 0 amide bonds. The smallest absolute Gasteiger partial charge is 0.338 e. The number of methoxy groups -OCH3 is 1. The average Bonchev–Trinajstić information content (AvgIpc) is 3.03. The Hall–Kier alpha value is -2.01. The Morgan fingerprint density at radius 1 is 1.29 bits per heavy atom. The number of rotatable bonds is 4. The number of ether oxygens (including phenoxy) is 1. The van der Waals surface area contributed by atoms with Crippen molar-refractivity contribution < 1.29 is 13.9 Å². The lowest BCUT2D eigenvalue weighted by Gasteiger charge is -2.33.